The lowest BCUT2D eigenvalue weighted by molar-refractivity contribution is 0.0694. The van der Waals surface area contributed by atoms with Gasteiger partial charge in [-0.15, -0.1) is 0 Å². The fourth-order valence-corrected chi connectivity index (χ4v) is 2.01. The molecule has 0 fully saturated rings. The molecule has 2 aromatic carbocycles. The van der Waals surface area contributed by atoms with E-state index in [-0.39, 0.29) is 17.2 Å². The highest BCUT2D eigenvalue weighted by molar-refractivity contribution is 6.06. The number of hydrogen-bond donors (Lipinski definition) is 3. The maximum Gasteiger partial charge on any atom is 0.411 e. The van der Waals surface area contributed by atoms with Gasteiger partial charge in [0.1, 0.15) is 11.3 Å². The molecule has 6 heteroatoms. The molecule has 0 radical (unpaired) electrons. The smallest absolute Gasteiger partial charge is 0.411 e. The lowest BCUT2D eigenvalue weighted by Gasteiger charge is -2.12. The zero-order valence-corrected chi connectivity index (χ0v) is 12.3. The van der Waals surface area contributed by atoms with E-state index in [0.717, 1.165) is 0 Å². The molecular weight excluding hydrogens is 286 g/mol. The van der Waals surface area contributed by atoms with Crippen molar-refractivity contribution in [1.82, 2.24) is 0 Å². The highest BCUT2D eigenvalue weighted by Gasteiger charge is 2.15. The van der Waals surface area contributed by atoms with Gasteiger partial charge in [0.15, 0.2) is 0 Å². The minimum absolute atomic E-state index is 0.188. The summed E-state index contributed by atoms with van der Waals surface area (Å²) in [6, 6.07) is 7.69. The van der Waals surface area contributed by atoms with Gasteiger partial charge in [0.25, 0.3) is 0 Å². The molecule has 116 valence electrons. The molecule has 0 aliphatic heterocycles. The second kappa shape index (κ2) is 6.34. The van der Waals surface area contributed by atoms with Crippen LogP contribution in [0.5, 0.6) is 5.75 Å². The van der Waals surface area contributed by atoms with Crippen LogP contribution in [-0.2, 0) is 4.74 Å². The van der Waals surface area contributed by atoms with Gasteiger partial charge in [0.05, 0.1) is 12.3 Å². The topological polar surface area (TPSA) is 95.9 Å². The first-order chi connectivity index (χ1) is 10.4. The van der Waals surface area contributed by atoms with Crippen molar-refractivity contribution in [3.63, 3.8) is 0 Å². The van der Waals surface area contributed by atoms with Crippen molar-refractivity contribution in [3.8, 4) is 5.75 Å². The van der Waals surface area contributed by atoms with Gasteiger partial charge in [-0.25, -0.2) is 9.59 Å². The molecule has 0 unspecified atom stereocenters. The van der Waals surface area contributed by atoms with E-state index in [0.29, 0.717) is 23.1 Å². The second-order valence-electron chi connectivity index (χ2n) is 5.28. The van der Waals surface area contributed by atoms with E-state index in [1.165, 1.54) is 12.1 Å². The van der Waals surface area contributed by atoms with Crippen LogP contribution in [0.1, 0.15) is 24.2 Å². The van der Waals surface area contributed by atoms with Crippen molar-refractivity contribution in [2.45, 2.75) is 13.8 Å². The maximum atomic E-state index is 11.7. The van der Waals surface area contributed by atoms with E-state index >= 15 is 0 Å². The summed E-state index contributed by atoms with van der Waals surface area (Å²) in [6.07, 6.45) is -0.594. The Hall–Kier alpha value is -2.76. The van der Waals surface area contributed by atoms with Gasteiger partial charge >= 0.3 is 12.1 Å². The van der Waals surface area contributed by atoms with Crippen LogP contribution in [0.15, 0.2) is 30.3 Å². The number of anilines is 1. The molecule has 0 bridgehead atoms. The molecule has 1 amide bonds. The third-order valence-corrected chi connectivity index (χ3v) is 3.05. The molecule has 0 saturated carbocycles. The number of hydrogen-bond acceptors (Lipinski definition) is 4. The van der Waals surface area contributed by atoms with Crippen molar-refractivity contribution in [2.24, 2.45) is 5.92 Å². The number of nitrogens with one attached hydrogen (secondary N) is 1. The Balaban J connectivity index is 2.34. The van der Waals surface area contributed by atoms with Gasteiger partial charge < -0.3 is 14.9 Å². The second-order valence-corrected chi connectivity index (χ2v) is 5.28. The predicted molar refractivity (Wildman–Crippen MR) is 82.4 cm³/mol. The van der Waals surface area contributed by atoms with E-state index in [4.69, 9.17) is 9.84 Å². The number of amides is 1. The van der Waals surface area contributed by atoms with Gasteiger partial charge in [0, 0.05) is 10.8 Å². The van der Waals surface area contributed by atoms with Crippen LogP contribution in [0.4, 0.5) is 10.5 Å². The van der Waals surface area contributed by atoms with Crippen LogP contribution in [0, 0.1) is 5.92 Å². The third-order valence-electron chi connectivity index (χ3n) is 3.05. The number of carbonyl (C=O) groups excluding carboxylic acids is 1. The number of carboxylic acids is 1. The first-order valence-corrected chi connectivity index (χ1v) is 6.82. The minimum atomic E-state index is -1.21. The van der Waals surface area contributed by atoms with Crippen LogP contribution in [-0.4, -0.2) is 28.9 Å². The number of rotatable bonds is 4. The highest BCUT2D eigenvalue weighted by Crippen LogP contribution is 2.33. The van der Waals surface area contributed by atoms with E-state index in [9.17, 15) is 14.7 Å². The maximum absolute atomic E-state index is 11.7. The molecule has 3 N–H and O–H groups in total. The normalized spacial score (nSPS) is 10.7. The number of benzene rings is 2. The Morgan fingerprint density at radius 2 is 1.91 bits per heavy atom. The van der Waals surface area contributed by atoms with E-state index < -0.39 is 12.1 Å². The molecule has 0 spiro atoms. The number of carboxylic acid groups (broad SMARTS) is 1. The van der Waals surface area contributed by atoms with Crippen molar-refractivity contribution in [1.29, 1.82) is 0 Å². The number of phenols is 1. The predicted octanol–water partition coefficient (Wildman–Crippen LogP) is 3.45. The Bertz CT molecular complexity index is 724. The third kappa shape index (κ3) is 3.28. The van der Waals surface area contributed by atoms with Gasteiger partial charge in [-0.2, -0.15) is 0 Å². The largest absolute Gasteiger partial charge is 0.506 e. The zero-order valence-electron chi connectivity index (χ0n) is 12.3. The fourth-order valence-electron chi connectivity index (χ4n) is 2.01. The van der Waals surface area contributed by atoms with Crippen LogP contribution in [0.3, 0.4) is 0 Å². The van der Waals surface area contributed by atoms with Crippen molar-refractivity contribution in [3.05, 3.63) is 35.9 Å². The lowest BCUT2D eigenvalue weighted by Crippen LogP contribution is -2.16. The summed E-state index contributed by atoms with van der Waals surface area (Å²) < 4.78 is 5.04. The van der Waals surface area contributed by atoms with Gasteiger partial charge in [0.2, 0.25) is 0 Å². The first-order valence-electron chi connectivity index (χ1n) is 6.82. The molecule has 0 aliphatic rings. The zero-order chi connectivity index (χ0) is 16.3. The number of ether oxygens (including phenoxy) is 1. The molecule has 0 saturated heterocycles. The van der Waals surface area contributed by atoms with E-state index in [1.54, 1.807) is 18.2 Å². The monoisotopic (exact) mass is 303 g/mol. The van der Waals surface area contributed by atoms with Crippen molar-refractivity contribution in [2.75, 3.05) is 11.9 Å². The van der Waals surface area contributed by atoms with Crippen LogP contribution in [0.2, 0.25) is 0 Å². The van der Waals surface area contributed by atoms with Crippen molar-refractivity contribution >= 4 is 28.5 Å². The van der Waals surface area contributed by atoms with E-state index in [1.807, 2.05) is 13.8 Å². The van der Waals surface area contributed by atoms with Crippen LogP contribution < -0.4 is 5.32 Å². The summed E-state index contributed by atoms with van der Waals surface area (Å²) in [4.78, 5) is 22.8. The van der Waals surface area contributed by atoms with Gasteiger partial charge in [-0.3, -0.25) is 5.32 Å². The fraction of sp³-hybridized carbons (Fsp3) is 0.250. The summed E-state index contributed by atoms with van der Waals surface area (Å²) in [5, 5.41) is 22.5. The Labute approximate surface area is 127 Å². The van der Waals surface area contributed by atoms with Crippen LogP contribution in [0.25, 0.3) is 10.8 Å². The number of carbonyl (C=O) groups is 2. The van der Waals surface area contributed by atoms with Gasteiger partial charge in [-0.05, 0) is 18.1 Å². The summed E-state index contributed by atoms with van der Waals surface area (Å²) in [7, 11) is 0. The van der Waals surface area contributed by atoms with Gasteiger partial charge in [-0.1, -0.05) is 32.0 Å². The summed E-state index contributed by atoms with van der Waals surface area (Å²) in [6.45, 7) is 4.15. The Morgan fingerprint density at radius 3 is 2.55 bits per heavy atom. The minimum Gasteiger partial charge on any atom is -0.506 e. The molecular formula is C16H17NO5. The average Bonchev–Trinajstić information content (AvgIpc) is 2.46. The molecule has 6 nitrogen and oxygen atoms in total. The number of fused-ring (bicyclic) bond motifs is 1. The Morgan fingerprint density at radius 1 is 1.18 bits per heavy atom. The van der Waals surface area contributed by atoms with Crippen LogP contribution >= 0.6 is 0 Å². The molecule has 0 heterocycles. The average molecular weight is 303 g/mol. The SMILES string of the molecule is CC(C)COC(=O)Nc1cccc2c(O)c(C(=O)O)ccc12. The summed E-state index contributed by atoms with van der Waals surface area (Å²) in [5.74, 6) is -1.32. The highest BCUT2D eigenvalue weighted by atomic mass is 16.5. The molecule has 2 aromatic rings. The first kappa shape index (κ1) is 15.6. The van der Waals surface area contributed by atoms with Crippen molar-refractivity contribution < 1.29 is 24.5 Å². The summed E-state index contributed by atoms with van der Waals surface area (Å²) in [5.41, 5.74) is 0.255. The Kier molecular flexibility index (Phi) is 4.50. The molecule has 0 atom stereocenters. The van der Waals surface area contributed by atoms with E-state index in [2.05, 4.69) is 5.32 Å². The number of aromatic hydroxyl groups is 1. The lowest BCUT2D eigenvalue weighted by atomic mass is 10.0. The molecule has 0 aliphatic carbocycles. The molecule has 22 heavy (non-hydrogen) atoms. The quantitative estimate of drug-likeness (QED) is 0.804. The standard InChI is InChI=1S/C16H17NO5/c1-9(2)8-22-16(21)17-13-5-3-4-11-10(13)6-7-12(14(11)18)15(19)20/h3-7,9,18H,8H2,1-2H3,(H,17,21)(H,19,20). The molecule has 0 aromatic heterocycles. The molecule has 2 rings (SSSR count). The summed E-state index contributed by atoms with van der Waals surface area (Å²) >= 11 is 0. The number of aromatic carboxylic acids is 1.